The highest BCUT2D eigenvalue weighted by Crippen LogP contribution is 2.33. The molecule has 3 unspecified atom stereocenters. The summed E-state index contributed by atoms with van der Waals surface area (Å²) in [5.74, 6) is 0. The summed E-state index contributed by atoms with van der Waals surface area (Å²) in [4.78, 5) is 8.39. The van der Waals surface area contributed by atoms with Crippen molar-refractivity contribution in [2.45, 2.75) is 64.7 Å². The Kier molecular flexibility index (Phi) is 5.84. The Hall–Kier alpha value is -1.25. The number of hydrogen-bond acceptors (Lipinski definition) is 6. The first-order valence-corrected chi connectivity index (χ1v) is 9.33. The number of aromatic nitrogens is 3. The lowest BCUT2D eigenvalue weighted by atomic mass is 10.1. The van der Waals surface area contributed by atoms with E-state index in [9.17, 15) is 5.11 Å². The summed E-state index contributed by atoms with van der Waals surface area (Å²) in [6, 6.07) is 2.04. The van der Waals surface area contributed by atoms with Gasteiger partial charge in [-0.2, -0.15) is 4.98 Å². The molecule has 0 amide bonds. The van der Waals surface area contributed by atoms with Crippen LogP contribution in [0.25, 0.3) is 11.0 Å². The molecular weight excluding hydrogens is 356 g/mol. The molecule has 2 aromatic rings. The van der Waals surface area contributed by atoms with Crippen LogP contribution in [0.3, 0.4) is 0 Å². The number of aliphatic hydroxyl groups excluding tert-OH is 1. The minimum atomic E-state index is -0.631. The average molecular weight is 383 g/mol. The molecular formula is C18H27ClN4O3. The summed E-state index contributed by atoms with van der Waals surface area (Å²) < 4.78 is 13.3. The van der Waals surface area contributed by atoms with Crippen molar-refractivity contribution < 1.29 is 14.6 Å². The highest BCUT2D eigenvalue weighted by molar-refractivity contribution is 6.28. The van der Waals surface area contributed by atoms with Crippen LogP contribution >= 0.6 is 11.6 Å². The molecule has 26 heavy (non-hydrogen) atoms. The van der Waals surface area contributed by atoms with Crippen LogP contribution in [-0.4, -0.2) is 50.7 Å². The van der Waals surface area contributed by atoms with Crippen molar-refractivity contribution in [3.63, 3.8) is 0 Å². The second kappa shape index (κ2) is 7.78. The lowest BCUT2D eigenvalue weighted by molar-refractivity contribution is -0.0711. The molecule has 0 radical (unpaired) electrons. The highest BCUT2D eigenvalue weighted by Gasteiger charge is 2.29. The normalized spacial score (nSPS) is 19.7. The van der Waals surface area contributed by atoms with Crippen molar-refractivity contribution in [2.24, 2.45) is 0 Å². The summed E-state index contributed by atoms with van der Waals surface area (Å²) in [6.07, 6.45) is 1.69. The number of nitrogens with zero attached hydrogens (tertiary/aromatic N) is 3. The maximum absolute atomic E-state index is 10.2. The van der Waals surface area contributed by atoms with Crippen LogP contribution in [-0.2, 0) is 16.0 Å². The summed E-state index contributed by atoms with van der Waals surface area (Å²) in [5.41, 5.74) is 1.63. The van der Waals surface area contributed by atoms with E-state index in [1.807, 2.05) is 33.8 Å². The lowest BCUT2D eigenvalue weighted by Crippen LogP contribution is -2.36. The van der Waals surface area contributed by atoms with E-state index in [1.165, 1.54) is 0 Å². The van der Waals surface area contributed by atoms with Gasteiger partial charge in [-0.1, -0.05) is 0 Å². The summed E-state index contributed by atoms with van der Waals surface area (Å²) in [6.45, 7) is 9.96. The molecule has 2 aromatic heterocycles. The second-order valence-electron chi connectivity index (χ2n) is 7.71. The summed E-state index contributed by atoms with van der Waals surface area (Å²) in [5, 5.41) is 14.5. The fourth-order valence-corrected chi connectivity index (χ4v) is 3.28. The zero-order valence-electron chi connectivity index (χ0n) is 15.7. The molecule has 2 N–H and O–H groups in total. The Morgan fingerprint density at radius 3 is 2.88 bits per heavy atom. The van der Waals surface area contributed by atoms with E-state index in [-0.39, 0.29) is 23.1 Å². The first-order valence-electron chi connectivity index (χ1n) is 8.95. The summed E-state index contributed by atoms with van der Waals surface area (Å²) >= 11 is 5.95. The standard InChI is InChI=1S/C18H27ClN4O3/c1-11(26-18(2,3)4)7-15(24)20-5-6-23-13(14-10-25-14)8-12-9-21-17(19)22-16(12)23/h8-9,11,14-15,20,24H,5-7,10H2,1-4H3. The Labute approximate surface area is 158 Å². The van der Waals surface area contributed by atoms with Crippen molar-refractivity contribution >= 4 is 22.6 Å². The SMILES string of the molecule is CC(CC(O)NCCn1c(C2CO2)cc2cnc(Cl)nc21)OC(C)(C)C. The first kappa shape index (κ1) is 19.5. The molecule has 1 saturated heterocycles. The number of nitrogens with one attached hydrogen (secondary N) is 1. The third kappa shape index (κ3) is 5.14. The van der Waals surface area contributed by atoms with Crippen molar-refractivity contribution in [2.75, 3.05) is 13.2 Å². The van der Waals surface area contributed by atoms with E-state index < -0.39 is 6.23 Å². The second-order valence-corrected chi connectivity index (χ2v) is 8.05. The zero-order valence-corrected chi connectivity index (χ0v) is 16.5. The van der Waals surface area contributed by atoms with Gasteiger partial charge in [-0.3, -0.25) is 5.32 Å². The molecule has 3 atom stereocenters. The van der Waals surface area contributed by atoms with E-state index in [2.05, 4.69) is 19.9 Å². The minimum absolute atomic E-state index is 0.0353. The monoisotopic (exact) mass is 382 g/mol. The Bertz CT molecular complexity index is 755. The Morgan fingerprint density at radius 1 is 1.50 bits per heavy atom. The van der Waals surface area contributed by atoms with E-state index in [0.717, 1.165) is 23.3 Å². The number of ether oxygens (including phenoxy) is 2. The van der Waals surface area contributed by atoms with E-state index in [0.29, 0.717) is 19.5 Å². The van der Waals surface area contributed by atoms with Crippen LogP contribution in [0.5, 0.6) is 0 Å². The Morgan fingerprint density at radius 2 is 2.23 bits per heavy atom. The zero-order chi connectivity index (χ0) is 18.9. The minimum Gasteiger partial charge on any atom is -0.379 e. The fourth-order valence-electron chi connectivity index (χ4n) is 3.15. The topological polar surface area (TPSA) is 84.7 Å². The number of epoxide rings is 1. The molecule has 0 spiro atoms. The highest BCUT2D eigenvalue weighted by atomic mass is 35.5. The van der Waals surface area contributed by atoms with Gasteiger partial charge < -0.3 is 19.1 Å². The predicted molar refractivity (Wildman–Crippen MR) is 100 cm³/mol. The van der Waals surface area contributed by atoms with Gasteiger partial charge >= 0.3 is 0 Å². The first-order chi connectivity index (χ1) is 12.2. The van der Waals surface area contributed by atoms with Crippen LogP contribution in [0, 0.1) is 0 Å². The fraction of sp³-hybridized carbons (Fsp3) is 0.667. The molecule has 0 saturated carbocycles. The van der Waals surface area contributed by atoms with E-state index in [1.54, 1.807) is 6.20 Å². The van der Waals surface area contributed by atoms with Crippen molar-refractivity contribution in [1.29, 1.82) is 0 Å². The molecule has 144 valence electrons. The Balaban J connectivity index is 1.59. The summed E-state index contributed by atoms with van der Waals surface area (Å²) in [7, 11) is 0. The molecule has 1 fully saturated rings. The molecule has 0 aromatic carbocycles. The average Bonchev–Trinajstić information content (AvgIpc) is 3.29. The maximum atomic E-state index is 10.2. The molecule has 0 bridgehead atoms. The molecule has 3 rings (SSSR count). The van der Waals surface area contributed by atoms with Gasteiger partial charge in [0.05, 0.1) is 24.0 Å². The molecule has 0 aliphatic carbocycles. The molecule has 7 nitrogen and oxygen atoms in total. The van der Waals surface area contributed by atoms with E-state index in [4.69, 9.17) is 21.1 Å². The number of fused-ring (bicyclic) bond motifs is 1. The van der Waals surface area contributed by atoms with Gasteiger partial charge in [0.25, 0.3) is 0 Å². The number of rotatable bonds is 8. The molecule has 3 heterocycles. The van der Waals surface area contributed by atoms with E-state index >= 15 is 0 Å². The number of halogens is 1. The van der Waals surface area contributed by atoms with Gasteiger partial charge in [-0.15, -0.1) is 0 Å². The van der Waals surface area contributed by atoms with Crippen molar-refractivity contribution in [3.8, 4) is 0 Å². The molecule has 1 aliphatic heterocycles. The van der Waals surface area contributed by atoms with Crippen molar-refractivity contribution in [3.05, 3.63) is 23.2 Å². The smallest absolute Gasteiger partial charge is 0.224 e. The van der Waals surface area contributed by atoms with Crippen LogP contribution < -0.4 is 5.32 Å². The van der Waals surface area contributed by atoms with Crippen LogP contribution in [0.4, 0.5) is 0 Å². The molecule has 8 heteroatoms. The number of hydrogen-bond donors (Lipinski definition) is 2. The van der Waals surface area contributed by atoms with Gasteiger partial charge in [0.2, 0.25) is 5.28 Å². The van der Waals surface area contributed by atoms with Crippen LogP contribution in [0.2, 0.25) is 5.28 Å². The van der Waals surface area contributed by atoms with Gasteiger partial charge in [0.15, 0.2) is 0 Å². The molecule has 1 aliphatic rings. The third-order valence-electron chi connectivity index (χ3n) is 4.13. The number of aliphatic hydroxyl groups is 1. The van der Waals surface area contributed by atoms with Gasteiger partial charge in [0, 0.05) is 31.1 Å². The van der Waals surface area contributed by atoms with Gasteiger partial charge in [-0.05, 0) is 45.4 Å². The lowest BCUT2D eigenvalue weighted by Gasteiger charge is -2.26. The van der Waals surface area contributed by atoms with Gasteiger partial charge in [-0.25, -0.2) is 4.98 Å². The van der Waals surface area contributed by atoms with Crippen LogP contribution in [0.15, 0.2) is 12.3 Å². The van der Waals surface area contributed by atoms with Crippen molar-refractivity contribution in [1.82, 2.24) is 19.9 Å². The third-order valence-corrected chi connectivity index (χ3v) is 4.31. The predicted octanol–water partition coefficient (Wildman–Crippen LogP) is 2.66. The van der Waals surface area contributed by atoms with Crippen LogP contribution in [0.1, 0.15) is 45.9 Å². The van der Waals surface area contributed by atoms with Gasteiger partial charge in [0.1, 0.15) is 18.0 Å². The maximum Gasteiger partial charge on any atom is 0.224 e. The quantitative estimate of drug-likeness (QED) is 0.415. The largest absolute Gasteiger partial charge is 0.379 e.